The highest BCUT2D eigenvalue weighted by Crippen LogP contribution is 2.29. The Morgan fingerprint density at radius 2 is 1.85 bits per heavy atom. The van der Waals surface area contributed by atoms with Gasteiger partial charge in [-0.25, -0.2) is 0 Å². The molecule has 0 aliphatic heterocycles. The Balaban J connectivity index is 2.46. The lowest BCUT2D eigenvalue weighted by molar-refractivity contribution is 0.392. The maximum absolute atomic E-state index is 5.34. The average Bonchev–Trinajstić information content (AvgIpc) is 2.96. The highest BCUT2D eigenvalue weighted by Gasteiger charge is 2.18. The van der Waals surface area contributed by atoms with Crippen molar-refractivity contribution in [3.05, 3.63) is 41.7 Å². The van der Waals surface area contributed by atoms with E-state index in [1.165, 1.54) is 0 Å². The first-order valence-electron chi connectivity index (χ1n) is 6.65. The number of methoxy groups -OCH3 is 2. The molecule has 5 heteroatoms. The van der Waals surface area contributed by atoms with Crippen molar-refractivity contribution in [1.29, 1.82) is 0 Å². The van der Waals surface area contributed by atoms with E-state index in [-0.39, 0.29) is 6.04 Å². The molecule has 1 N–H and O–H groups in total. The number of hydrogen-bond acceptors (Lipinski definition) is 4. The third-order valence-electron chi connectivity index (χ3n) is 3.34. The third kappa shape index (κ3) is 2.77. The second-order valence-electron chi connectivity index (χ2n) is 4.44. The predicted molar refractivity (Wildman–Crippen MR) is 78.3 cm³/mol. The average molecular weight is 275 g/mol. The lowest BCUT2D eigenvalue weighted by atomic mass is 10.0. The third-order valence-corrected chi connectivity index (χ3v) is 3.34. The smallest absolute Gasteiger partial charge is 0.122 e. The Morgan fingerprint density at radius 1 is 1.20 bits per heavy atom. The van der Waals surface area contributed by atoms with Crippen molar-refractivity contribution in [3.8, 4) is 11.5 Å². The van der Waals surface area contributed by atoms with Crippen molar-refractivity contribution in [2.45, 2.75) is 19.5 Å². The number of aryl methyl sites for hydroxylation is 1. The summed E-state index contributed by atoms with van der Waals surface area (Å²) in [6, 6.07) is 7.96. The minimum atomic E-state index is 0.0430. The summed E-state index contributed by atoms with van der Waals surface area (Å²) in [7, 11) is 5.25. The minimum Gasteiger partial charge on any atom is -0.497 e. The summed E-state index contributed by atoms with van der Waals surface area (Å²) in [4.78, 5) is 0. The Bertz CT molecular complexity index is 544. The fraction of sp³-hybridized carbons (Fsp3) is 0.400. The van der Waals surface area contributed by atoms with Crippen LogP contribution in [0.15, 0.2) is 30.5 Å². The molecule has 0 radical (unpaired) electrons. The molecule has 0 aliphatic rings. The van der Waals surface area contributed by atoms with Crippen molar-refractivity contribution in [3.63, 3.8) is 0 Å². The van der Waals surface area contributed by atoms with E-state index in [2.05, 4.69) is 17.3 Å². The molecule has 1 unspecified atom stereocenters. The van der Waals surface area contributed by atoms with Gasteiger partial charge in [0.1, 0.15) is 11.5 Å². The van der Waals surface area contributed by atoms with Gasteiger partial charge in [-0.2, -0.15) is 5.10 Å². The van der Waals surface area contributed by atoms with Crippen molar-refractivity contribution >= 4 is 0 Å². The van der Waals surface area contributed by atoms with Crippen LogP contribution in [0.1, 0.15) is 24.2 Å². The van der Waals surface area contributed by atoms with E-state index in [9.17, 15) is 0 Å². The van der Waals surface area contributed by atoms with Crippen LogP contribution in [0.2, 0.25) is 0 Å². The molecule has 0 spiro atoms. The minimum absolute atomic E-state index is 0.0430. The number of hydrogen-bond donors (Lipinski definition) is 1. The number of nitrogens with zero attached hydrogens (tertiary/aromatic N) is 2. The largest absolute Gasteiger partial charge is 0.497 e. The summed E-state index contributed by atoms with van der Waals surface area (Å²) in [6.07, 6.45) is 1.82. The first kappa shape index (κ1) is 14.4. The number of ether oxygens (including phenoxy) is 2. The number of nitrogens with one attached hydrogen (secondary N) is 1. The van der Waals surface area contributed by atoms with Gasteiger partial charge in [-0.3, -0.25) is 4.68 Å². The molecule has 108 valence electrons. The molecule has 0 fully saturated rings. The SMILES string of the molecule is CCn1nccc1C(NC)c1cc(OC)cc(OC)c1. The summed E-state index contributed by atoms with van der Waals surface area (Å²) in [5, 5.41) is 7.65. The van der Waals surface area contributed by atoms with E-state index in [1.807, 2.05) is 42.2 Å². The fourth-order valence-corrected chi connectivity index (χ4v) is 2.33. The molecule has 0 bridgehead atoms. The first-order chi connectivity index (χ1) is 9.73. The van der Waals surface area contributed by atoms with Crippen molar-refractivity contribution in [1.82, 2.24) is 15.1 Å². The highest BCUT2D eigenvalue weighted by molar-refractivity contribution is 5.42. The molecule has 1 atom stereocenters. The van der Waals surface area contributed by atoms with Crippen LogP contribution in [0.4, 0.5) is 0 Å². The first-order valence-corrected chi connectivity index (χ1v) is 6.65. The second kappa shape index (κ2) is 6.43. The van der Waals surface area contributed by atoms with E-state index in [1.54, 1.807) is 14.2 Å². The van der Waals surface area contributed by atoms with Gasteiger partial charge in [0, 0.05) is 18.8 Å². The standard InChI is InChI=1S/C15H21N3O2/c1-5-18-14(6-7-17-18)15(16-2)11-8-12(19-3)10-13(9-11)20-4/h6-10,15-16H,5H2,1-4H3. The van der Waals surface area contributed by atoms with E-state index in [0.29, 0.717) is 0 Å². The quantitative estimate of drug-likeness (QED) is 0.878. The fourth-order valence-electron chi connectivity index (χ4n) is 2.33. The van der Waals surface area contributed by atoms with E-state index in [0.717, 1.165) is 29.3 Å². The van der Waals surface area contributed by atoms with Gasteiger partial charge >= 0.3 is 0 Å². The van der Waals surface area contributed by atoms with E-state index >= 15 is 0 Å². The van der Waals surface area contributed by atoms with Crippen LogP contribution in [-0.2, 0) is 6.54 Å². The molecule has 5 nitrogen and oxygen atoms in total. The molecule has 0 amide bonds. The summed E-state index contributed by atoms with van der Waals surface area (Å²) in [5.41, 5.74) is 2.20. The maximum Gasteiger partial charge on any atom is 0.122 e. The monoisotopic (exact) mass is 275 g/mol. The molecule has 1 aromatic carbocycles. The van der Waals surface area contributed by atoms with Crippen molar-refractivity contribution in [2.24, 2.45) is 0 Å². The van der Waals surface area contributed by atoms with Gasteiger partial charge in [0.2, 0.25) is 0 Å². The van der Waals surface area contributed by atoms with Crippen LogP contribution in [0.5, 0.6) is 11.5 Å². The Kier molecular flexibility index (Phi) is 4.63. The summed E-state index contributed by atoms with van der Waals surface area (Å²) in [5.74, 6) is 1.56. The molecule has 1 aromatic heterocycles. The molecule has 2 rings (SSSR count). The topological polar surface area (TPSA) is 48.3 Å². The summed E-state index contributed by atoms with van der Waals surface area (Å²) < 4.78 is 12.7. The predicted octanol–water partition coefficient (Wildman–Crippen LogP) is 2.23. The molecule has 0 aliphatic carbocycles. The number of aromatic nitrogens is 2. The Hall–Kier alpha value is -2.01. The van der Waals surface area contributed by atoms with Gasteiger partial charge < -0.3 is 14.8 Å². The zero-order valence-electron chi connectivity index (χ0n) is 12.4. The van der Waals surface area contributed by atoms with Crippen LogP contribution < -0.4 is 14.8 Å². The second-order valence-corrected chi connectivity index (χ2v) is 4.44. The summed E-state index contributed by atoms with van der Waals surface area (Å²) >= 11 is 0. The van der Waals surface area contributed by atoms with Gasteiger partial charge in [-0.15, -0.1) is 0 Å². The van der Waals surface area contributed by atoms with Gasteiger partial charge in [0.15, 0.2) is 0 Å². The lowest BCUT2D eigenvalue weighted by Gasteiger charge is -2.19. The lowest BCUT2D eigenvalue weighted by Crippen LogP contribution is -2.21. The van der Waals surface area contributed by atoms with Crippen LogP contribution in [-0.4, -0.2) is 31.0 Å². The van der Waals surface area contributed by atoms with Gasteiger partial charge in [0.25, 0.3) is 0 Å². The molecular weight excluding hydrogens is 254 g/mol. The van der Waals surface area contributed by atoms with Crippen LogP contribution >= 0.6 is 0 Å². The maximum atomic E-state index is 5.34. The normalized spacial score (nSPS) is 12.2. The summed E-state index contributed by atoms with van der Waals surface area (Å²) in [6.45, 7) is 2.91. The molecule has 2 aromatic rings. The van der Waals surface area contributed by atoms with Gasteiger partial charge in [-0.1, -0.05) is 0 Å². The molecule has 20 heavy (non-hydrogen) atoms. The number of benzene rings is 1. The highest BCUT2D eigenvalue weighted by atomic mass is 16.5. The van der Waals surface area contributed by atoms with Crippen molar-refractivity contribution < 1.29 is 9.47 Å². The van der Waals surface area contributed by atoms with Crippen molar-refractivity contribution in [2.75, 3.05) is 21.3 Å². The zero-order chi connectivity index (χ0) is 14.5. The Morgan fingerprint density at radius 3 is 2.35 bits per heavy atom. The Labute approximate surface area is 119 Å². The molecular formula is C15H21N3O2. The molecule has 0 saturated heterocycles. The van der Waals surface area contributed by atoms with Gasteiger partial charge in [0.05, 0.1) is 26.0 Å². The van der Waals surface area contributed by atoms with E-state index < -0.39 is 0 Å². The molecule has 1 heterocycles. The van der Waals surface area contributed by atoms with Crippen LogP contribution in [0.3, 0.4) is 0 Å². The van der Waals surface area contributed by atoms with Crippen LogP contribution in [0.25, 0.3) is 0 Å². The molecule has 0 saturated carbocycles. The zero-order valence-corrected chi connectivity index (χ0v) is 12.4. The number of rotatable bonds is 6. The van der Waals surface area contributed by atoms with Gasteiger partial charge in [-0.05, 0) is 37.7 Å². The van der Waals surface area contributed by atoms with Crippen LogP contribution in [0, 0.1) is 0 Å². The van der Waals surface area contributed by atoms with E-state index in [4.69, 9.17) is 9.47 Å².